The van der Waals surface area contributed by atoms with E-state index >= 15 is 0 Å². The van der Waals surface area contributed by atoms with Crippen molar-refractivity contribution in [3.05, 3.63) is 35.9 Å². The summed E-state index contributed by atoms with van der Waals surface area (Å²) in [5.41, 5.74) is 1.01. The van der Waals surface area contributed by atoms with E-state index in [1.807, 2.05) is 30.3 Å². The Morgan fingerprint density at radius 1 is 1.17 bits per heavy atom. The van der Waals surface area contributed by atoms with Crippen molar-refractivity contribution in [1.29, 1.82) is 0 Å². The van der Waals surface area contributed by atoms with Gasteiger partial charge in [0, 0.05) is 6.04 Å². The summed E-state index contributed by atoms with van der Waals surface area (Å²) >= 11 is 0. The molecule has 1 aliphatic heterocycles. The molecule has 4 unspecified atom stereocenters. The Bertz CT molecular complexity index is 575. The summed E-state index contributed by atoms with van der Waals surface area (Å²) in [5.74, 6) is 1.47. The Labute approximate surface area is 144 Å². The van der Waals surface area contributed by atoms with E-state index in [0.717, 1.165) is 44.3 Å². The monoisotopic (exact) mass is 328 g/mol. The van der Waals surface area contributed by atoms with Crippen molar-refractivity contribution in [2.45, 2.75) is 43.9 Å². The van der Waals surface area contributed by atoms with Gasteiger partial charge in [-0.3, -0.25) is 9.69 Å². The molecule has 24 heavy (non-hydrogen) atoms. The van der Waals surface area contributed by atoms with Crippen molar-refractivity contribution in [3.63, 3.8) is 0 Å². The van der Waals surface area contributed by atoms with Gasteiger partial charge in [0.2, 0.25) is 0 Å². The van der Waals surface area contributed by atoms with E-state index in [0.29, 0.717) is 17.9 Å². The lowest BCUT2D eigenvalue weighted by Gasteiger charge is -2.32. The molecule has 1 saturated heterocycles. The molecule has 130 valence electrons. The Hall–Kier alpha value is -1.23. The molecule has 0 spiro atoms. The van der Waals surface area contributed by atoms with Gasteiger partial charge >= 0.3 is 0 Å². The van der Waals surface area contributed by atoms with Crippen LogP contribution in [-0.2, 0) is 4.79 Å². The number of nitrogens with zero attached hydrogens (tertiary/aromatic N) is 1. The van der Waals surface area contributed by atoms with Crippen LogP contribution in [0.15, 0.2) is 30.3 Å². The van der Waals surface area contributed by atoms with Crippen molar-refractivity contribution in [1.82, 2.24) is 10.2 Å². The maximum atomic E-state index is 13.2. The minimum atomic E-state index is -0.822. The number of Topliss-reactive ketones (excluding diaryl/α,β-unsaturated/α-hetero) is 1. The third-order valence-corrected chi connectivity index (χ3v) is 6.45. The number of hydrogen-bond donors (Lipinski definition) is 2. The topological polar surface area (TPSA) is 52.6 Å². The fraction of sp³-hybridized carbons (Fsp3) is 0.650. The second kappa shape index (κ2) is 6.58. The highest BCUT2D eigenvalue weighted by Gasteiger charge is 2.57. The minimum Gasteiger partial charge on any atom is -0.385 e. The molecule has 0 bridgehead atoms. The highest BCUT2D eigenvalue weighted by Crippen LogP contribution is 2.48. The third kappa shape index (κ3) is 2.81. The maximum absolute atomic E-state index is 13.2. The van der Waals surface area contributed by atoms with Crippen LogP contribution in [-0.4, -0.2) is 48.1 Å². The van der Waals surface area contributed by atoms with Crippen LogP contribution in [0.1, 0.15) is 37.3 Å². The lowest BCUT2D eigenvalue weighted by atomic mass is 9.90. The first-order valence-electron chi connectivity index (χ1n) is 9.38. The zero-order valence-corrected chi connectivity index (χ0v) is 14.4. The second-order valence-corrected chi connectivity index (χ2v) is 7.85. The molecule has 2 aliphatic carbocycles. The summed E-state index contributed by atoms with van der Waals surface area (Å²) in [4.78, 5) is 15.5. The molecule has 3 fully saturated rings. The number of ketones is 1. The van der Waals surface area contributed by atoms with Crippen molar-refractivity contribution >= 4 is 5.78 Å². The number of aliphatic hydroxyl groups excluding tert-OH is 1. The van der Waals surface area contributed by atoms with Gasteiger partial charge in [-0.25, -0.2) is 0 Å². The first-order valence-corrected chi connectivity index (χ1v) is 9.38. The molecule has 2 saturated carbocycles. The van der Waals surface area contributed by atoms with Crippen molar-refractivity contribution in [2.75, 3.05) is 20.1 Å². The maximum Gasteiger partial charge on any atom is 0.183 e. The molecule has 0 aromatic heterocycles. The smallest absolute Gasteiger partial charge is 0.183 e. The van der Waals surface area contributed by atoms with E-state index in [4.69, 9.17) is 0 Å². The number of carbonyl (C=O) groups is 1. The number of aliphatic hydroxyl groups is 1. The van der Waals surface area contributed by atoms with E-state index in [-0.39, 0.29) is 17.7 Å². The van der Waals surface area contributed by atoms with Gasteiger partial charge in [0.15, 0.2) is 5.78 Å². The molecule has 4 heteroatoms. The number of likely N-dealkylation sites (N-methyl/N-ethyl adjacent to an activating group) is 1. The average Bonchev–Trinajstić information content (AvgIpc) is 3.03. The van der Waals surface area contributed by atoms with Gasteiger partial charge in [0.05, 0.1) is 6.04 Å². The zero-order chi connectivity index (χ0) is 16.7. The fourth-order valence-electron chi connectivity index (χ4n) is 5.06. The Morgan fingerprint density at radius 2 is 1.79 bits per heavy atom. The van der Waals surface area contributed by atoms with E-state index in [9.17, 15) is 9.90 Å². The van der Waals surface area contributed by atoms with Gasteiger partial charge in [-0.15, -0.1) is 0 Å². The van der Waals surface area contributed by atoms with Gasteiger partial charge in [-0.2, -0.15) is 0 Å². The molecule has 4 rings (SSSR count). The van der Waals surface area contributed by atoms with Crippen molar-refractivity contribution in [2.24, 2.45) is 17.8 Å². The molecule has 2 N–H and O–H groups in total. The highest BCUT2D eigenvalue weighted by atomic mass is 16.3. The van der Waals surface area contributed by atoms with Crippen molar-refractivity contribution in [3.8, 4) is 0 Å². The largest absolute Gasteiger partial charge is 0.385 e. The molecule has 0 amide bonds. The first-order chi connectivity index (χ1) is 11.7. The van der Waals surface area contributed by atoms with Gasteiger partial charge in [-0.1, -0.05) is 43.2 Å². The Balaban J connectivity index is 1.57. The summed E-state index contributed by atoms with van der Waals surface area (Å²) < 4.78 is 0. The summed E-state index contributed by atoms with van der Waals surface area (Å²) in [6.07, 6.45) is 3.42. The van der Waals surface area contributed by atoms with Crippen LogP contribution in [0.25, 0.3) is 0 Å². The molecular weight excluding hydrogens is 300 g/mol. The molecule has 1 aromatic rings. The normalized spacial score (nSPS) is 31.9. The van der Waals surface area contributed by atoms with Crippen LogP contribution in [0.5, 0.6) is 0 Å². The number of benzene rings is 1. The molecule has 0 radical (unpaired) electrons. The molecule has 3 aliphatic rings. The quantitative estimate of drug-likeness (QED) is 0.839. The van der Waals surface area contributed by atoms with E-state index in [1.165, 1.54) is 0 Å². The lowest BCUT2D eigenvalue weighted by molar-refractivity contribution is -0.135. The first kappa shape index (κ1) is 16.2. The van der Waals surface area contributed by atoms with E-state index in [1.54, 1.807) is 0 Å². The average molecular weight is 328 g/mol. The standard InChI is InChI=1S/C20H28N2O2/c1-22(18-15-11-21-12-16(15)18)17(13-7-3-2-4-8-13)20(24)19(23)14-9-5-6-10-14/h2-4,7-8,14-19,21,23H,5-6,9-12H2,1H3. The summed E-state index contributed by atoms with van der Waals surface area (Å²) in [6, 6.07) is 10.2. The number of piperidine rings is 1. The number of carbonyl (C=O) groups excluding carboxylic acids is 1. The van der Waals surface area contributed by atoms with E-state index < -0.39 is 6.10 Å². The molecule has 1 aromatic carbocycles. The van der Waals surface area contributed by atoms with Crippen LogP contribution < -0.4 is 5.32 Å². The second-order valence-electron chi connectivity index (χ2n) is 7.85. The third-order valence-electron chi connectivity index (χ3n) is 6.45. The van der Waals surface area contributed by atoms with E-state index in [2.05, 4.69) is 17.3 Å². The van der Waals surface area contributed by atoms with Crippen LogP contribution in [0.3, 0.4) is 0 Å². The predicted octanol–water partition coefficient (Wildman–Crippen LogP) is 2.00. The SMILES string of the molecule is CN(C(C(=O)C(O)C1CCCC1)c1ccccc1)C1C2CNCC21. The summed E-state index contributed by atoms with van der Waals surface area (Å²) in [6.45, 7) is 2.11. The van der Waals surface area contributed by atoms with Crippen LogP contribution in [0, 0.1) is 17.8 Å². The number of hydrogen-bond acceptors (Lipinski definition) is 4. The predicted molar refractivity (Wildman–Crippen MR) is 93.6 cm³/mol. The Morgan fingerprint density at radius 3 is 2.42 bits per heavy atom. The van der Waals surface area contributed by atoms with Gasteiger partial charge in [-0.05, 0) is 56.3 Å². The number of fused-ring (bicyclic) bond motifs is 1. The number of rotatable bonds is 6. The highest BCUT2D eigenvalue weighted by molar-refractivity contribution is 5.89. The van der Waals surface area contributed by atoms with Gasteiger partial charge < -0.3 is 10.4 Å². The van der Waals surface area contributed by atoms with Crippen LogP contribution >= 0.6 is 0 Å². The van der Waals surface area contributed by atoms with Gasteiger partial charge in [0.25, 0.3) is 0 Å². The summed E-state index contributed by atoms with van der Waals surface area (Å²) in [7, 11) is 2.07. The van der Waals surface area contributed by atoms with Crippen molar-refractivity contribution < 1.29 is 9.90 Å². The fourth-order valence-corrected chi connectivity index (χ4v) is 5.06. The Kier molecular flexibility index (Phi) is 4.46. The van der Waals surface area contributed by atoms with Crippen LogP contribution in [0.2, 0.25) is 0 Å². The molecule has 4 nitrogen and oxygen atoms in total. The minimum absolute atomic E-state index is 0.00599. The molecule has 4 atom stereocenters. The lowest BCUT2D eigenvalue weighted by Crippen LogP contribution is -2.42. The number of nitrogens with one attached hydrogen (secondary N) is 1. The summed E-state index contributed by atoms with van der Waals surface area (Å²) in [5, 5.41) is 14.1. The van der Waals surface area contributed by atoms with Gasteiger partial charge in [0.1, 0.15) is 6.10 Å². The zero-order valence-electron chi connectivity index (χ0n) is 14.4. The molecular formula is C20H28N2O2. The van der Waals surface area contributed by atoms with Crippen LogP contribution in [0.4, 0.5) is 0 Å². The molecule has 1 heterocycles.